The summed E-state index contributed by atoms with van der Waals surface area (Å²) in [6.45, 7) is 5.96. The fourth-order valence-corrected chi connectivity index (χ4v) is 4.79. The van der Waals surface area contributed by atoms with E-state index in [0.29, 0.717) is 18.8 Å². The zero-order valence-corrected chi connectivity index (χ0v) is 16.6. The van der Waals surface area contributed by atoms with Gasteiger partial charge in [-0.05, 0) is 87.8 Å². The third-order valence-electron chi connectivity index (χ3n) is 6.50. The number of imide groups is 1. The molecule has 0 spiro atoms. The second-order valence-electron chi connectivity index (χ2n) is 8.54. The second-order valence-corrected chi connectivity index (χ2v) is 8.54. The first-order chi connectivity index (χ1) is 13.7. The van der Waals surface area contributed by atoms with E-state index in [0.717, 1.165) is 11.6 Å². The number of carbonyl (C=O) groups is 2. The van der Waals surface area contributed by atoms with Crippen LogP contribution in [0.15, 0.2) is 24.3 Å². The molecular weight excluding hydrogens is 352 g/mol. The van der Waals surface area contributed by atoms with Crippen LogP contribution in [0.25, 0.3) is 0 Å². The van der Waals surface area contributed by atoms with E-state index in [4.69, 9.17) is 0 Å². The fourth-order valence-electron chi connectivity index (χ4n) is 4.79. The largest absolute Gasteiger partial charge is 0.374 e. The van der Waals surface area contributed by atoms with Crippen LogP contribution in [0.5, 0.6) is 0 Å². The fraction of sp³-hybridized carbons (Fsp3) is 0.636. The highest BCUT2D eigenvalue weighted by Crippen LogP contribution is 2.30. The maximum atomic E-state index is 12.0. The highest BCUT2D eigenvalue weighted by atomic mass is 16.2. The number of hydrogen-bond donors (Lipinski definition) is 3. The Balaban J connectivity index is 1.30. The molecular formula is C22H32N4O2. The van der Waals surface area contributed by atoms with Crippen LogP contribution in [-0.4, -0.2) is 55.5 Å². The van der Waals surface area contributed by atoms with Gasteiger partial charge in [-0.3, -0.25) is 14.9 Å². The molecule has 0 aliphatic carbocycles. The lowest BCUT2D eigenvalue weighted by Crippen LogP contribution is -2.47. The number of amides is 2. The van der Waals surface area contributed by atoms with Crippen LogP contribution >= 0.6 is 0 Å². The van der Waals surface area contributed by atoms with Crippen LogP contribution in [0.2, 0.25) is 0 Å². The summed E-state index contributed by atoms with van der Waals surface area (Å²) in [4.78, 5) is 26.0. The first-order valence-electron chi connectivity index (χ1n) is 10.8. The molecule has 1 aromatic carbocycles. The van der Waals surface area contributed by atoms with Gasteiger partial charge in [0.1, 0.15) is 6.04 Å². The van der Waals surface area contributed by atoms with Crippen LogP contribution < -0.4 is 16.0 Å². The summed E-state index contributed by atoms with van der Waals surface area (Å²) >= 11 is 0. The molecule has 3 fully saturated rings. The lowest BCUT2D eigenvalue weighted by Gasteiger charge is -2.35. The van der Waals surface area contributed by atoms with Crippen molar-refractivity contribution in [2.24, 2.45) is 5.92 Å². The average molecular weight is 385 g/mol. The van der Waals surface area contributed by atoms with Gasteiger partial charge in [-0.1, -0.05) is 12.1 Å². The van der Waals surface area contributed by atoms with Gasteiger partial charge in [0.25, 0.3) is 0 Å². The molecule has 0 saturated carbocycles. The van der Waals surface area contributed by atoms with Crippen molar-refractivity contribution in [1.82, 2.24) is 15.5 Å². The molecule has 6 heteroatoms. The smallest absolute Gasteiger partial charge is 0.249 e. The monoisotopic (exact) mass is 384 g/mol. The summed E-state index contributed by atoms with van der Waals surface area (Å²) in [5, 5.41) is 9.18. The van der Waals surface area contributed by atoms with Gasteiger partial charge in [0.05, 0.1) is 0 Å². The number of anilines is 1. The van der Waals surface area contributed by atoms with Gasteiger partial charge in [-0.2, -0.15) is 0 Å². The number of likely N-dealkylation sites (tertiary alicyclic amines) is 1. The number of nitrogens with zero attached hydrogens (tertiary/aromatic N) is 1. The summed E-state index contributed by atoms with van der Waals surface area (Å²) in [7, 11) is 0. The third-order valence-corrected chi connectivity index (χ3v) is 6.50. The van der Waals surface area contributed by atoms with E-state index in [1.54, 1.807) is 0 Å². The highest BCUT2D eigenvalue weighted by molar-refractivity contribution is 6.01. The van der Waals surface area contributed by atoms with Gasteiger partial charge < -0.3 is 15.5 Å². The molecule has 3 heterocycles. The van der Waals surface area contributed by atoms with E-state index < -0.39 is 0 Å². The van der Waals surface area contributed by atoms with Crippen molar-refractivity contribution in [3.63, 3.8) is 0 Å². The number of piperidine rings is 3. The lowest BCUT2D eigenvalue weighted by atomic mass is 9.88. The van der Waals surface area contributed by atoms with Crippen molar-refractivity contribution in [3.8, 4) is 0 Å². The quantitative estimate of drug-likeness (QED) is 0.678. The average Bonchev–Trinajstić information content (AvgIpc) is 2.72. The molecule has 3 aliphatic heterocycles. The second kappa shape index (κ2) is 9.05. The summed E-state index contributed by atoms with van der Waals surface area (Å²) < 4.78 is 0. The van der Waals surface area contributed by atoms with E-state index in [1.807, 2.05) is 6.07 Å². The predicted octanol–water partition coefficient (Wildman–Crippen LogP) is 2.08. The van der Waals surface area contributed by atoms with Crippen LogP contribution in [0.1, 0.15) is 50.0 Å². The van der Waals surface area contributed by atoms with Crippen LogP contribution in [0, 0.1) is 5.92 Å². The highest BCUT2D eigenvalue weighted by Gasteiger charge is 2.27. The summed E-state index contributed by atoms with van der Waals surface area (Å²) in [5.74, 6) is 1.06. The summed E-state index contributed by atoms with van der Waals surface area (Å²) in [6.07, 6.45) is 5.99. The van der Waals surface area contributed by atoms with Gasteiger partial charge in [-0.15, -0.1) is 0 Å². The summed E-state index contributed by atoms with van der Waals surface area (Å²) in [5.41, 5.74) is 2.34. The van der Waals surface area contributed by atoms with E-state index in [9.17, 15) is 9.59 Å². The SMILES string of the molecule is O=C1CC[C@@H](Nc2cccc(C3CCN(CC4CCNCC4)CC3)c2)C(=O)N1. The number of carbonyl (C=O) groups excluding carboxylic acids is 2. The molecule has 1 aromatic rings. The Morgan fingerprint density at radius 2 is 1.82 bits per heavy atom. The molecule has 0 unspecified atom stereocenters. The Hall–Kier alpha value is -1.92. The number of benzene rings is 1. The molecule has 6 nitrogen and oxygen atoms in total. The van der Waals surface area contributed by atoms with Crippen molar-refractivity contribution in [2.75, 3.05) is 38.0 Å². The summed E-state index contributed by atoms with van der Waals surface area (Å²) in [6, 6.07) is 8.17. The Morgan fingerprint density at radius 1 is 1.04 bits per heavy atom. The standard InChI is InChI=1S/C22H32N4O2/c27-21-5-4-20(22(28)25-21)24-19-3-1-2-18(14-19)17-8-12-26(13-9-17)15-16-6-10-23-11-7-16/h1-3,14,16-17,20,23-24H,4-13,15H2,(H,25,27,28)/t20-/m1/s1. The Morgan fingerprint density at radius 3 is 2.57 bits per heavy atom. The minimum atomic E-state index is -0.320. The van der Waals surface area contributed by atoms with Crippen molar-refractivity contribution in [3.05, 3.63) is 29.8 Å². The van der Waals surface area contributed by atoms with E-state index >= 15 is 0 Å². The normalized spacial score (nSPS) is 25.5. The van der Waals surface area contributed by atoms with E-state index in [1.165, 1.54) is 64.0 Å². The van der Waals surface area contributed by atoms with Crippen molar-refractivity contribution in [1.29, 1.82) is 0 Å². The van der Waals surface area contributed by atoms with Gasteiger partial charge in [-0.25, -0.2) is 0 Å². The zero-order chi connectivity index (χ0) is 19.3. The number of rotatable bonds is 5. The molecule has 2 amide bonds. The first-order valence-corrected chi connectivity index (χ1v) is 10.8. The van der Waals surface area contributed by atoms with Gasteiger partial charge in [0.2, 0.25) is 11.8 Å². The zero-order valence-electron chi connectivity index (χ0n) is 16.6. The molecule has 0 radical (unpaired) electrons. The van der Waals surface area contributed by atoms with Crippen molar-refractivity contribution in [2.45, 2.75) is 50.5 Å². The molecule has 3 saturated heterocycles. The van der Waals surface area contributed by atoms with Gasteiger partial charge in [0.15, 0.2) is 0 Å². The molecule has 152 valence electrons. The first kappa shape index (κ1) is 19.4. The van der Waals surface area contributed by atoms with Crippen LogP contribution in [0.3, 0.4) is 0 Å². The molecule has 0 aromatic heterocycles. The van der Waals surface area contributed by atoms with Crippen molar-refractivity contribution >= 4 is 17.5 Å². The Kier molecular flexibility index (Phi) is 6.27. The van der Waals surface area contributed by atoms with Crippen LogP contribution in [0.4, 0.5) is 5.69 Å². The molecule has 28 heavy (non-hydrogen) atoms. The molecule has 3 N–H and O–H groups in total. The molecule has 0 bridgehead atoms. The van der Waals surface area contributed by atoms with Gasteiger partial charge >= 0.3 is 0 Å². The number of nitrogens with one attached hydrogen (secondary N) is 3. The number of hydrogen-bond acceptors (Lipinski definition) is 5. The molecule has 1 atom stereocenters. The maximum absolute atomic E-state index is 12.0. The van der Waals surface area contributed by atoms with E-state index in [2.05, 4.69) is 39.0 Å². The van der Waals surface area contributed by atoms with Gasteiger partial charge in [0, 0.05) is 18.7 Å². The minimum absolute atomic E-state index is 0.173. The Bertz CT molecular complexity index is 694. The predicted molar refractivity (Wildman–Crippen MR) is 110 cm³/mol. The minimum Gasteiger partial charge on any atom is -0.374 e. The topological polar surface area (TPSA) is 73.5 Å². The van der Waals surface area contributed by atoms with Crippen molar-refractivity contribution < 1.29 is 9.59 Å². The molecule has 4 rings (SSSR count). The Labute approximate surface area is 167 Å². The molecule has 3 aliphatic rings. The lowest BCUT2D eigenvalue weighted by molar-refractivity contribution is -0.133. The van der Waals surface area contributed by atoms with E-state index in [-0.39, 0.29) is 17.9 Å². The third kappa shape index (κ3) is 4.92. The maximum Gasteiger partial charge on any atom is 0.249 e. The van der Waals surface area contributed by atoms with Crippen LogP contribution in [-0.2, 0) is 9.59 Å².